The fourth-order valence-electron chi connectivity index (χ4n) is 4.06. The molecule has 170 valence electrons. The topological polar surface area (TPSA) is 87.0 Å². The van der Waals surface area contributed by atoms with Crippen LogP contribution in [-0.4, -0.2) is 22.7 Å². The number of rotatable bonds is 6. The van der Waals surface area contributed by atoms with Crippen LogP contribution in [0.3, 0.4) is 0 Å². The second-order valence-corrected chi connectivity index (χ2v) is 8.43. The molecule has 5 aromatic rings. The van der Waals surface area contributed by atoms with Crippen LogP contribution in [0.1, 0.15) is 12.0 Å². The summed E-state index contributed by atoms with van der Waals surface area (Å²) in [6.45, 7) is 0.273. The van der Waals surface area contributed by atoms with Gasteiger partial charge in [0.2, 0.25) is 0 Å². The summed E-state index contributed by atoms with van der Waals surface area (Å²) in [7, 11) is 0. The zero-order valence-corrected chi connectivity index (χ0v) is 19.0. The molecular weight excluding hydrogens is 450 g/mol. The van der Waals surface area contributed by atoms with Crippen molar-refractivity contribution in [1.82, 2.24) is 9.97 Å². The molecule has 0 unspecified atom stereocenters. The lowest BCUT2D eigenvalue weighted by Crippen LogP contribution is -2.15. The number of aryl methyl sites for hydroxylation is 1. The third kappa shape index (κ3) is 4.54. The summed E-state index contributed by atoms with van der Waals surface area (Å²) in [5, 5.41) is 5.28. The zero-order valence-electron chi connectivity index (χ0n) is 18.2. The Balaban J connectivity index is 1.26. The normalized spacial score (nSPS) is 11.1. The summed E-state index contributed by atoms with van der Waals surface area (Å²) in [6.07, 6.45) is 2.69. The van der Waals surface area contributed by atoms with Crippen molar-refractivity contribution in [3.05, 3.63) is 99.9 Å². The Hall–Kier alpha value is -4.03. The Kier molecular flexibility index (Phi) is 6.06. The Bertz CT molecular complexity index is 1550. The fraction of sp³-hybridized carbons (Fsp3) is 0.111. The summed E-state index contributed by atoms with van der Waals surface area (Å²) in [5.41, 5.74) is 4.41. The number of benzene rings is 3. The van der Waals surface area contributed by atoms with Crippen LogP contribution in [0.4, 0.5) is 10.5 Å². The highest BCUT2D eigenvalue weighted by Crippen LogP contribution is 2.28. The van der Waals surface area contributed by atoms with Gasteiger partial charge in [0, 0.05) is 38.9 Å². The number of nitrogens with one attached hydrogen (secondary N) is 3. The van der Waals surface area contributed by atoms with E-state index in [1.165, 1.54) is 0 Å². The summed E-state index contributed by atoms with van der Waals surface area (Å²) < 4.78 is 5.28. The number of halogens is 1. The molecule has 0 aliphatic rings. The van der Waals surface area contributed by atoms with Gasteiger partial charge >= 0.3 is 6.09 Å². The molecular formula is C27H22ClN3O3. The van der Waals surface area contributed by atoms with E-state index < -0.39 is 6.09 Å². The number of hydrogen-bond donors (Lipinski definition) is 3. The summed E-state index contributed by atoms with van der Waals surface area (Å²) >= 11 is 6.15. The minimum absolute atomic E-state index is 0.198. The van der Waals surface area contributed by atoms with Gasteiger partial charge in [-0.3, -0.25) is 10.1 Å². The molecule has 3 aromatic carbocycles. The van der Waals surface area contributed by atoms with Crippen molar-refractivity contribution in [1.29, 1.82) is 0 Å². The van der Waals surface area contributed by atoms with Crippen molar-refractivity contribution in [3.8, 4) is 11.1 Å². The van der Waals surface area contributed by atoms with Gasteiger partial charge in [0.05, 0.1) is 12.1 Å². The first-order chi connectivity index (χ1) is 16.6. The summed E-state index contributed by atoms with van der Waals surface area (Å²) in [4.78, 5) is 31.2. The minimum atomic E-state index is -0.545. The fourth-order valence-corrected chi connectivity index (χ4v) is 4.29. The summed E-state index contributed by atoms with van der Waals surface area (Å²) in [5.74, 6) is 0. The first-order valence-electron chi connectivity index (χ1n) is 11.0. The maximum atomic E-state index is 12.8. The third-order valence-electron chi connectivity index (χ3n) is 5.75. The van der Waals surface area contributed by atoms with Gasteiger partial charge in [0.25, 0.3) is 5.56 Å². The van der Waals surface area contributed by atoms with Crippen molar-refractivity contribution in [2.45, 2.75) is 12.8 Å². The van der Waals surface area contributed by atoms with Crippen LogP contribution >= 0.6 is 11.6 Å². The van der Waals surface area contributed by atoms with Crippen LogP contribution in [0, 0.1) is 0 Å². The highest BCUT2D eigenvalue weighted by Gasteiger charge is 2.12. The molecule has 0 saturated carbocycles. The van der Waals surface area contributed by atoms with E-state index in [9.17, 15) is 9.59 Å². The molecule has 2 heterocycles. The van der Waals surface area contributed by atoms with Crippen molar-refractivity contribution in [3.63, 3.8) is 0 Å². The third-order valence-corrected chi connectivity index (χ3v) is 6.12. The lowest BCUT2D eigenvalue weighted by molar-refractivity contribution is 0.160. The quantitative estimate of drug-likeness (QED) is 0.247. The molecule has 0 aliphatic heterocycles. The maximum absolute atomic E-state index is 12.8. The first kappa shape index (κ1) is 21.8. The van der Waals surface area contributed by atoms with Crippen molar-refractivity contribution in [2.24, 2.45) is 0 Å². The van der Waals surface area contributed by atoms with Gasteiger partial charge in [-0.2, -0.15) is 0 Å². The van der Waals surface area contributed by atoms with E-state index in [4.69, 9.17) is 16.3 Å². The van der Waals surface area contributed by atoms with Gasteiger partial charge in [0.15, 0.2) is 0 Å². The van der Waals surface area contributed by atoms with Gasteiger partial charge in [-0.1, -0.05) is 54.1 Å². The number of pyridine rings is 1. The van der Waals surface area contributed by atoms with Crippen molar-refractivity contribution >= 4 is 45.2 Å². The number of carbonyl (C=O) groups excluding carboxylic acids is 1. The van der Waals surface area contributed by atoms with Gasteiger partial charge < -0.3 is 14.7 Å². The smallest absolute Gasteiger partial charge is 0.411 e. The van der Waals surface area contributed by atoms with Crippen LogP contribution in [0.25, 0.3) is 32.9 Å². The average molecular weight is 472 g/mol. The molecule has 34 heavy (non-hydrogen) atoms. The van der Waals surface area contributed by atoms with E-state index in [2.05, 4.69) is 15.3 Å². The molecule has 0 aliphatic carbocycles. The van der Waals surface area contributed by atoms with Crippen LogP contribution in [0.15, 0.2) is 83.8 Å². The number of aromatic nitrogens is 2. The largest absolute Gasteiger partial charge is 0.449 e. The number of carbonyl (C=O) groups is 1. The molecule has 6 nitrogen and oxygen atoms in total. The second-order valence-electron chi connectivity index (χ2n) is 8.02. The Morgan fingerprint density at radius 1 is 0.941 bits per heavy atom. The number of anilines is 1. The maximum Gasteiger partial charge on any atom is 0.411 e. The standard InChI is InChI=1S/C27H22ClN3O3/c28-23-9-3-1-6-17(23)7-5-13-34-27(33)30-19-12-11-18-14-21(26(32)31-25(18)15-19)22-16-29-24-10-4-2-8-20(22)24/h1-4,6,8-12,14-16,29H,5,7,13H2,(H,30,33)(H,31,32). The molecule has 3 N–H and O–H groups in total. The highest BCUT2D eigenvalue weighted by atomic mass is 35.5. The minimum Gasteiger partial charge on any atom is -0.449 e. The van der Waals surface area contributed by atoms with E-state index in [0.29, 0.717) is 28.2 Å². The van der Waals surface area contributed by atoms with E-state index in [1.54, 1.807) is 12.1 Å². The Morgan fingerprint density at radius 3 is 2.65 bits per heavy atom. The zero-order chi connectivity index (χ0) is 23.5. The van der Waals surface area contributed by atoms with E-state index in [-0.39, 0.29) is 12.2 Å². The monoisotopic (exact) mass is 471 g/mol. The lowest BCUT2D eigenvalue weighted by atomic mass is 10.0. The predicted octanol–water partition coefficient (Wildman–Crippen LogP) is 6.51. The van der Waals surface area contributed by atoms with Crippen LogP contribution in [0.2, 0.25) is 5.02 Å². The molecule has 0 radical (unpaired) electrons. The van der Waals surface area contributed by atoms with Crippen molar-refractivity contribution in [2.75, 3.05) is 11.9 Å². The average Bonchev–Trinajstić information content (AvgIpc) is 3.26. The molecule has 5 rings (SSSR count). The van der Waals surface area contributed by atoms with Crippen molar-refractivity contribution < 1.29 is 9.53 Å². The number of H-pyrrole nitrogens is 2. The molecule has 0 spiro atoms. The molecule has 1 amide bonds. The number of amides is 1. The molecule has 7 heteroatoms. The number of ether oxygens (including phenoxy) is 1. The van der Waals surface area contributed by atoms with Crippen LogP contribution in [0.5, 0.6) is 0 Å². The van der Waals surface area contributed by atoms with E-state index >= 15 is 0 Å². The van der Waals surface area contributed by atoms with E-state index in [1.807, 2.05) is 66.9 Å². The summed E-state index contributed by atoms with van der Waals surface area (Å²) in [6, 6.07) is 22.7. The van der Waals surface area contributed by atoms with Crippen LogP contribution < -0.4 is 10.9 Å². The Morgan fingerprint density at radius 2 is 1.76 bits per heavy atom. The number of hydrogen-bond acceptors (Lipinski definition) is 3. The SMILES string of the molecule is O=C(Nc1ccc2cc(-c3c[nH]c4ccccc34)c(=O)[nH]c2c1)OCCCc1ccccc1Cl. The predicted molar refractivity (Wildman–Crippen MR) is 137 cm³/mol. The van der Waals surface area contributed by atoms with Gasteiger partial charge in [0.1, 0.15) is 0 Å². The van der Waals surface area contributed by atoms with Gasteiger partial charge in [-0.25, -0.2) is 4.79 Å². The number of aromatic amines is 2. The highest BCUT2D eigenvalue weighted by molar-refractivity contribution is 6.31. The molecule has 0 fully saturated rings. The Labute approximate surface area is 200 Å². The van der Waals surface area contributed by atoms with Gasteiger partial charge in [-0.15, -0.1) is 0 Å². The lowest BCUT2D eigenvalue weighted by Gasteiger charge is -2.09. The number of para-hydroxylation sites is 1. The first-order valence-corrected chi connectivity index (χ1v) is 11.4. The number of fused-ring (bicyclic) bond motifs is 2. The molecule has 0 bridgehead atoms. The van der Waals surface area contributed by atoms with Crippen LogP contribution in [-0.2, 0) is 11.2 Å². The van der Waals surface area contributed by atoms with E-state index in [0.717, 1.165) is 33.8 Å². The second kappa shape index (κ2) is 9.45. The molecule has 0 atom stereocenters. The molecule has 0 saturated heterocycles. The molecule has 2 aromatic heterocycles. The van der Waals surface area contributed by atoms with Gasteiger partial charge in [-0.05, 0) is 54.1 Å².